The van der Waals surface area contributed by atoms with Crippen LogP contribution in [0, 0.1) is 34.0 Å². The van der Waals surface area contributed by atoms with Crippen LogP contribution in [0.15, 0.2) is 46.1 Å². The Morgan fingerprint density at radius 3 is 1.97 bits per heavy atom. The number of rotatable bonds is 1. The van der Waals surface area contributed by atoms with Gasteiger partial charge in [0.2, 0.25) is 0 Å². The quantitative estimate of drug-likeness (QED) is 0.435. The Balaban J connectivity index is 1.63. The van der Waals surface area contributed by atoms with Crippen LogP contribution < -0.4 is 0 Å². The molecule has 2 nitrogen and oxygen atoms in total. The molecule has 2 heteroatoms. The number of hydrogen-bond acceptors (Lipinski definition) is 2. The van der Waals surface area contributed by atoms with E-state index in [1.807, 2.05) is 6.08 Å². The fourth-order valence-electron chi connectivity index (χ4n) is 8.55. The molecule has 32 heavy (non-hydrogen) atoms. The Bertz CT molecular complexity index is 1020. The van der Waals surface area contributed by atoms with Gasteiger partial charge in [-0.05, 0) is 88.4 Å². The molecule has 2 saturated carbocycles. The van der Waals surface area contributed by atoms with E-state index in [0.717, 1.165) is 56.9 Å². The Hall–Kier alpha value is -1.70. The molecule has 0 aromatic heterocycles. The fraction of sp³-hybridized carbons (Fsp3) is 0.667. The second-order valence-electron chi connectivity index (χ2n) is 12.1. The minimum absolute atomic E-state index is 0.126. The molecule has 0 radical (unpaired) electrons. The third-order valence-corrected chi connectivity index (χ3v) is 10.8. The lowest BCUT2D eigenvalue weighted by Crippen LogP contribution is -2.51. The summed E-state index contributed by atoms with van der Waals surface area (Å²) in [5.41, 5.74) is 5.34. The number of allylic oxidation sites excluding steroid dienone is 8. The molecule has 0 N–H and O–H groups in total. The number of carbonyl (C=O) groups is 2. The van der Waals surface area contributed by atoms with Gasteiger partial charge in [0, 0.05) is 5.41 Å². The summed E-state index contributed by atoms with van der Waals surface area (Å²) in [5.74, 6) is 1.42. The zero-order valence-electron chi connectivity index (χ0n) is 20.9. The van der Waals surface area contributed by atoms with Crippen molar-refractivity contribution in [2.24, 2.45) is 34.0 Å². The first-order valence-electron chi connectivity index (χ1n) is 13.0. The van der Waals surface area contributed by atoms with E-state index in [-0.39, 0.29) is 22.2 Å². The van der Waals surface area contributed by atoms with Crippen molar-refractivity contribution in [1.82, 2.24) is 0 Å². The lowest BCUT2D eigenvalue weighted by molar-refractivity contribution is -0.135. The largest absolute Gasteiger partial charge is 0.298 e. The van der Waals surface area contributed by atoms with E-state index in [0.29, 0.717) is 23.4 Å². The van der Waals surface area contributed by atoms with Crippen LogP contribution in [0.5, 0.6) is 0 Å². The molecule has 172 valence electrons. The molecule has 0 aromatic carbocycles. The molecule has 5 aliphatic rings. The minimum atomic E-state index is -0.307. The van der Waals surface area contributed by atoms with Crippen LogP contribution in [0.2, 0.25) is 0 Å². The summed E-state index contributed by atoms with van der Waals surface area (Å²) in [6.07, 6.45) is 15.1. The fourth-order valence-corrected chi connectivity index (χ4v) is 8.55. The normalized spacial score (nSPS) is 44.2. The number of Topliss-reactive ketones (excluding diaryl/α,β-unsaturated/α-hetero) is 1. The Labute approximate surface area is 194 Å². The number of fused-ring (bicyclic) bond motifs is 1. The van der Waals surface area contributed by atoms with Crippen molar-refractivity contribution in [3.63, 3.8) is 0 Å². The first-order chi connectivity index (χ1) is 15.1. The van der Waals surface area contributed by atoms with Crippen molar-refractivity contribution in [2.45, 2.75) is 92.9 Å². The second kappa shape index (κ2) is 7.15. The summed E-state index contributed by atoms with van der Waals surface area (Å²) in [5, 5.41) is 0. The van der Waals surface area contributed by atoms with Gasteiger partial charge in [0.05, 0.1) is 16.7 Å². The van der Waals surface area contributed by atoms with Crippen LogP contribution in [0.1, 0.15) is 92.9 Å². The molecule has 0 heterocycles. The molecule has 6 atom stereocenters. The first-order valence-corrected chi connectivity index (χ1v) is 13.0. The van der Waals surface area contributed by atoms with Crippen molar-refractivity contribution in [3.05, 3.63) is 46.1 Å². The van der Waals surface area contributed by atoms with Gasteiger partial charge in [-0.3, -0.25) is 9.59 Å². The van der Waals surface area contributed by atoms with Gasteiger partial charge in [0.1, 0.15) is 0 Å². The van der Waals surface area contributed by atoms with Crippen LogP contribution in [0.3, 0.4) is 0 Å². The van der Waals surface area contributed by atoms with Crippen molar-refractivity contribution < 1.29 is 9.59 Å². The van der Waals surface area contributed by atoms with Crippen LogP contribution in [-0.4, -0.2) is 11.6 Å². The molecule has 0 saturated heterocycles. The maximum atomic E-state index is 14.5. The van der Waals surface area contributed by atoms with Gasteiger partial charge in [-0.2, -0.15) is 0 Å². The molecule has 0 aliphatic heterocycles. The van der Waals surface area contributed by atoms with Crippen molar-refractivity contribution in [3.8, 4) is 0 Å². The third-order valence-electron chi connectivity index (χ3n) is 10.8. The molecular weight excluding hydrogens is 392 g/mol. The van der Waals surface area contributed by atoms with Gasteiger partial charge in [-0.15, -0.1) is 0 Å². The SMILES string of the molecule is CC1=CC([C@@]2(C)CCC(C)=C3C=C(C)[C@@]4(CCC[C@H]4C)C(=O)[C@@H]32)=CC(=O)[C@]12CCC[C@H]2C. The van der Waals surface area contributed by atoms with E-state index in [2.05, 4.69) is 53.7 Å². The van der Waals surface area contributed by atoms with Crippen LogP contribution in [0.25, 0.3) is 0 Å². The summed E-state index contributed by atoms with van der Waals surface area (Å²) >= 11 is 0. The van der Waals surface area contributed by atoms with E-state index in [9.17, 15) is 9.59 Å². The van der Waals surface area contributed by atoms with E-state index in [4.69, 9.17) is 0 Å². The molecule has 2 spiro atoms. The van der Waals surface area contributed by atoms with Gasteiger partial charge < -0.3 is 0 Å². The van der Waals surface area contributed by atoms with Crippen LogP contribution in [-0.2, 0) is 9.59 Å². The zero-order chi connectivity index (χ0) is 23.1. The van der Waals surface area contributed by atoms with E-state index < -0.39 is 0 Å². The topological polar surface area (TPSA) is 34.1 Å². The average molecular weight is 433 g/mol. The highest BCUT2D eigenvalue weighted by Gasteiger charge is 2.59. The first kappa shape index (κ1) is 22.1. The predicted molar refractivity (Wildman–Crippen MR) is 130 cm³/mol. The predicted octanol–water partition coefficient (Wildman–Crippen LogP) is 7.32. The van der Waals surface area contributed by atoms with E-state index in [1.165, 1.54) is 22.3 Å². The molecule has 0 unspecified atom stereocenters. The van der Waals surface area contributed by atoms with E-state index >= 15 is 0 Å². The molecular formula is C30H40O2. The molecule has 0 amide bonds. The van der Waals surface area contributed by atoms with Gasteiger partial charge in [-0.1, -0.05) is 62.5 Å². The Kier molecular flexibility index (Phi) is 4.94. The highest BCUT2D eigenvalue weighted by Crippen LogP contribution is 2.62. The lowest BCUT2D eigenvalue weighted by atomic mass is 9.50. The van der Waals surface area contributed by atoms with Gasteiger partial charge in [-0.25, -0.2) is 0 Å². The number of carbonyl (C=O) groups excluding carboxylic acids is 2. The Morgan fingerprint density at radius 1 is 0.812 bits per heavy atom. The summed E-state index contributed by atoms with van der Waals surface area (Å²) in [6, 6.07) is 0. The smallest absolute Gasteiger partial charge is 0.166 e. The maximum Gasteiger partial charge on any atom is 0.166 e. The molecule has 5 aliphatic carbocycles. The maximum absolute atomic E-state index is 14.5. The molecule has 0 bridgehead atoms. The molecule has 0 aromatic rings. The zero-order valence-corrected chi connectivity index (χ0v) is 20.9. The van der Waals surface area contributed by atoms with Gasteiger partial charge >= 0.3 is 0 Å². The molecule has 2 fully saturated rings. The summed E-state index contributed by atoms with van der Waals surface area (Å²) in [7, 11) is 0. The lowest BCUT2D eigenvalue weighted by Gasteiger charge is -2.51. The number of ketones is 2. The van der Waals surface area contributed by atoms with Crippen molar-refractivity contribution >= 4 is 11.6 Å². The second-order valence-corrected chi connectivity index (χ2v) is 12.1. The number of hydrogen-bond donors (Lipinski definition) is 0. The van der Waals surface area contributed by atoms with Crippen molar-refractivity contribution in [2.75, 3.05) is 0 Å². The van der Waals surface area contributed by atoms with Crippen LogP contribution >= 0.6 is 0 Å². The highest BCUT2D eigenvalue weighted by atomic mass is 16.1. The Morgan fingerprint density at radius 2 is 1.41 bits per heavy atom. The van der Waals surface area contributed by atoms with Gasteiger partial charge in [0.25, 0.3) is 0 Å². The summed E-state index contributed by atoms with van der Waals surface area (Å²) in [6.45, 7) is 13.4. The van der Waals surface area contributed by atoms with Crippen molar-refractivity contribution in [1.29, 1.82) is 0 Å². The summed E-state index contributed by atoms with van der Waals surface area (Å²) in [4.78, 5) is 28.1. The van der Waals surface area contributed by atoms with Crippen LogP contribution in [0.4, 0.5) is 0 Å². The molecule has 5 rings (SSSR count). The monoisotopic (exact) mass is 432 g/mol. The third kappa shape index (κ3) is 2.59. The minimum Gasteiger partial charge on any atom is -0.298 e. The summed E-state index contributed by atoms with van der Waals surface area (Å²) < 4.78 is 0. The standard InChI is InChI=1S/C30H40O2/c1-18-11-14-28(6,23-15-21(4)29(25(31)17-23)12-7-9-19(29)2)26-24(18)16-22(5)30(27(26)32)13-8-10-20(30)3/h15-17,19-20,26H,7-14H2,1-6H3/t19-,20-,26-,28-,29+,30+/m1/s1. The van der Waals surface area contributed by atoms with E-state index in [1.54, 1.807) is 0 Å². The van der Waals surface area contributed by atoms with Gasteiger partial charge in [0.15, 0.2) is 11.6 Å². The highest BCUT2D eigenvalue weighted by molar-refractivity contribution is 6.01. The average Bonchev–Trinajstić information content (AvgIpc) is 3.31.